The number of halogens is 4. The summed E-state index contributed by atoms with van der Waals surface area (Å²) >= 11 is 25.2. The number of nitrogens with one attached hydrogen (secondary N) is 2. The zero-order chi connectivity index (χ0) is 34.0. The Hall–Kier alpha value is -2.97. The molecule has 11 heteroatoms. The van der Waals surface area contributed by atoms with Crippen LogP contribution in [0.4, 0.5) is 17.1 Å². The van der Waals surface area contributed by atoms with E-state index < -0.39 is 6.10 Å². The summed E-state index contributed by atoms with van der Waals surface area (Å²) in [6, 6.07) is 14.4. The Bertz CT molecular complexity index is 1650. The lowest BCUT2D eigenvalue weighted by Gasteiger charge is -2.31. The minimum absolute atomic E-state index is 0.0205. The molecular weight excluding hydrogens is 666 g/mol. The van der Waals surface area contributed by atoms with Crippen molar-refractivity contribution in [3.63, 3.8) is 0 Å². The second-order valence-corrected chi connectivity index (χ2v) is 14.3. The molecule has 0 spiro atoms. The maximum absolute atomic E-state index is 13.4. The summed E-state index contributed by atoms with van der Waals surface area (Å²) in [5.74, 6) is 0.456. The number of anilines is 3. The van der Waals surface area contributed by atoms with Gasteiger partial charge in [-0.05, 0) is 72.1 Å². The first kappa shape index (κ1) is 35.9. The van der Waals surface area contributed by atoms with Crippen LogP contribution >= 0.6 is 46.4 Å². The molecule has 1 aliphatic rings. The Kier molecular flexibility index (Phi) is 11.3. The number of hydrazone groups is 1. The van der Waals surface area contributed by atoms with Gasteiger partial charge in [0.25, 0.3) is 11.8 Å². The number of ether oxygens (including phenoxy) is 1. The Balaban J connectivity index is 1.49. The van der Waals surface area contributed by atoms with E-state index in [0.29, 0.717) is 39.4 Å². The highest BCUT2D eigenvalue weighted by atomic mass is 35.5. The van der Waals surface area contributed by atoms with Crippen molar-refractivity contribution in [1.29, 1.82) is 0 Å². The van der Waals surface area contributed by atoms with E-state index in [1.54, 1.807) is 18.2 Å². The molecule has 2 amide bonds. The number of benzene rings is 3. The van der Waals surface area contributed by atoms with Gasteiger partial charge in [-0.2, -0.15) is 10.1 Å². The van der Waals surface area contributed by atoms with Crippen molar-refractivity contribution in [3.8, 4) is 5.75 Å². The molecule has 0 saturated heterocycles. The normalized spacial score (nSPS) is 14.3. The second kappa shape index (κ2) is 14.4. The molecule has 4 rings (SSSR count). The minimum Gasteiger partial charge on any atom is -0.480 e. The molecule has 1 aliphatic heterocycles. The molecule has 1 atom stereocenters. The van der Waals surface area contributed by atoms with Crippen LogP contribution in [-0.4, -0.2) is 23.8 Å². The molecule has 0 fully saturated rings. The van der Waals surface area contributed by atoms with E-state index >= 15 is 0 Å². The van der Waals surface area contributed by atoms with Crippen LogP contribution in [0, 0.1) is 0 Å². The largest absolute Gasteiger partial charge is 0.480 e. The highest BCUT2D eigenvalue weighted by molar-refractivity contribution is 6.42. The lowest BCUT2D eigenvalue weighted by atomic mass is 9.76. The van der Waals surface area contributed by atoms with Crippen LogP contribution in [0.3, 0.4) is 0 Å². The van der Waals surface area contributed by atoms with Crippen molar-refractivity contribution in [2.45, 2.75) is 91.1 Å². The van der Waals surface area contributed by atoms with Gasteiger partial charge in [0, 0.05) is 16.3 Å². The number of nitrogens with zero attached hydrogens (tertiary/aromatic N) is 2. The van der Waals surface area contributed by atoms with Gasteiger partial charge >= 0.3 is 0 Å². The topological polar surface area (TPSA) is 83.0 Å². The number of amides is 2. The van der Waals surface area contributed by atoms with Crippen LogP contribution in [0.5, 0.6) is 5.75 Å². The minimum atomic E-state index is -0.718. The second-order valence-electron chi connectivity index (χ2n) is 12.7. The van der Waals surface area contributed by atoms with E-state index in [2.05, 4.69) is 69.4 Å². The Morgan fingerprint density at radius 3 is 2.15 bits per heavy atom. The molecule has 46 heavy (non-hydrogen) atoms. The zero-order valence-electron chi connectivity index (χ0n) is 27.2. The average molecular weight is 707 g/mol. The van der Waals surface area contributed by atoms with Gasteiger partial charge in [0.05, 0.1) is 27.2 Å². The van der Waals surface area contributed by atoms with Crippen molar-refractivity contribution in [2.75, 3.05) is 15.6 Å². The van der Waals surface area contributed by atoms with Crippen LogP contribution < -0.4 is 20.4 Å². The Morgan fingerprint density at radius 1 is 0.913 bits per heavy atom. The van der Waals surface area contributed by atoms with Gasteiger partial charge in [0.15, 0.2) is 6.10 Å². The molecule has 0 saturated carbocycles. The van der Waals surface area contributed by atoms with Gasteiger partial charge in [0.2, 0.25) is 0 Å². The number of hydrogen-bond acceptors (Lipinski definition) is 5. The Labute approximate surface area is 291 Å². The van der Waals surface area contributed by atoms with Crippen LogP contribution in [0.1, 0.15) is 85.3 Å². The van der Waals surface area contributed by atoms with E-state index in [-0.39, 0.29) is 44.8 Å². The fraction of sp³-hybridized carbons (Fsp3) is 0.400. The summed E-state index contributed by atoms with van der Waals surface area (Å²) in [6.07, 6.45) is 1.66. The fourth-order valence-electron chi connectivity index (χ4n) is 4.94. The number of amidine groups is 1. The predicted molar refractivity (Wildman–Crippen MR) is 192 cm³/mol. The zero-order valence-corrected chi connectivity index (χ0v) is 30.2. The third-order valence-corrected chi connectivity index (χ3v) is 9.78. The van der Waals surface area contributed by atoms with Gasteiger partial charge in [-0.25, -0.2) is 0 Å². The molecule has 1 unspecified atom stereocenters. The lowest BCUT2D eigenvalue weighted by Crippen LogP contribution is -2.33. The van der Waals surface area contributed by atoms with Crippen molar-refractivity contribution in [3.05, 3.63) is 79.7 Å². The third kappa shape index (κ3) is 7.93. The quantitative estimate of drug-likeness (QED) is 0.208. The first-order chi connectivity index (χ1) is 21.6. The number of carbonyl (C=O) groups is 2. The summed E-state index contributed by atoms with van der Waals surface area (Å²) in [5.41, 5.74) is 3.48. The van der Waals surface area contributed by atoms with Crippen molar-refractivity contribution >= 4 is 81.1 Å². The molecule has 3 aromatic carbocycles. The predicted octanol–water partition coefficient (Wildman–Crippen LogP) is 10.6. The molecule has 1 heterocycles. The van der Waals surface area contributed by atoms with Crippen molar-refractivity contribution in [2.24, 2.45) is 5.10 Å². The Morgan fingerprint density at radius 2 is 1.57 bits per heavy atom. The standard InChI is InChI=1S/C35H40Cl4N4O3/c1-8-28(46-29-14-11-20(34(4,5)9-2)15-23(29)35(6,7)10-3)33(45)40-22-12-13-27(24(37)18-22)41-30-19-31(44)43(42-30)32-25(38)16-21(36)17-26(32)39/h11-18,28H,8-10,19H2,1-7H3,(H,40,45)(H,41,42). The number of rotatable bonds is 11. The molecule has 0 aliphatic carbocycles. The van der Waals surface area contributed by atoms with E-state index in [0.717, 1.165) is 23.4 Å². The molecule has 0 bridgehead atoms. The first-order valence-electron chi connectivity index (χ1n) is 15.3. The van der Waals surface area contributed by atoms with E-state index in [9.17, 15) is 9.59 Å². The summed E-state index contributed by atoms with van der Waals surface area (Å²) in [5, 5.41) is 12.6. The summed E-state index contributed by atoms with van der Waals surface area (Å²) < 4.78 is 6.40. The number of carbonyl (C=O) groups excluding carboxylic acids is 2. The molecule has 0 aromatic heterocycles. The third-order valence-electron chi connectivity index (χ3n) is 8.68. The van der Waals surface area contributed by atoms with Crippen LogP contribution in [0.2, 0.25) is 20.1 Å². The molecule has 7 nitrogen and oxygen atoms in total. The lowest BCUT2D eigenvalue weighted by molar-refractivity contribution is -0.123. The van der Waals surface area contributed by atoms with E-state index in [1.165, 1.54) is 17.7 Å². The van der Waals surface area contributed by atoms with Crippen LogP contribution in [0.15, 0.2) is 53.6 Å². The van der Waals surface area contributed by atoms with Crippen molar-refractivity contribution < 1.29 is 14.3 Å². The molecule has 246 valence electrons. The van der Waals surface area contributed by atoms with E-state index in [4.69, 9.17) is 51.1 Å². The first-order valence-corrected chi connectivity index (χ1v) is 16.8. The summed E-state index contributed by atoms with van der Waals surface area (Å²) in [7, 11) is 0. The van der Waals surface area contributed by atoms with E-state index in [1.807, 2.05) is 13.0 Å². The molecule has 0 radical (unpaired) electrons. The number of hydrogen-bond donors (Lipinski definition) is 2. The molecule has 2 N–H and O–H groups in total. The van der Waals surface area contributed by atoms with Crippen LogP contribution in [-0.2, 0) is 20.4 Å². The monoisotopic (exact) mass is 704 g/mol. The maximum Gasteiger partial charge on any atom is 0.265 e. The van der Waals surface area contributed by atoms with Gasteiger partial charge in [-0.15, -0.1) is 0 Å². The van der Waals surface area contributed by atoms with Gasteiger partial charge in [-0.3, -0.25) is 9.59 Å². The van der Waals surface area contributed by atoms with Gasteiger partial charge in [0.1, 0.15) is 17.3 Å². The molecular formula is C35H40Cl4N4O3. The maximum atomic E-state index is 13.4. The molecule has 3 aromatic rings. The fourth-order valence-corrected chi connectivity index (χ4v) is 6.14. The highest BCUT2D eigenvalue weighted by Crippen LogP contribution is 2.40. The SMILES string of the molecule is CCC(Oc1ccc(C(C)(C)CC)cc1C(C)(C)CC)C(=O)Nc1ccc(NC2=NN(c3c(Cl)cc(Cl)cc3Cl)C(=O)C2)c(Cl)c1. The average Bonchev–Trinajstić information content (AvgIpc) is 3.35. The van der Waals surface area contributed by atoms with Crippen molar-refractivity contribution in [1.82, 2.24) is 0 Å². The van der Waals surface area contributed by atoms with Crippen LogP contribution in [0.25, 0.3) is 0 Å². The summed E-state index contributed by atoms with van der Waals surface area (Å²) in [6.45, 7) is 15.1. The summed E-state index contributed by atoms with van der Waals surface area (Å²) in [4.78, 5) is 26.2. The van der Waals surface area contributed by atoms with Gasteiger partial charge in [-0.1, -0.05) is 107 Å². The van der Waals surface area contributed by atoms with Gasteiger partial charge < -0.3 is 15.4 Å². The smallest absolute Gasteiger partial charge is 0.265 e. The highest BCUT2D eigenvalue weighted by Gasteiger charge is 2.31.